The predicted molar refractivity (Wildman–Crippen MR) is 237 cm³/mol. The first kappa shape index (κ1) is 32.6. The van der Waals surface area contributed by atoms with Crippen LogP contribution in [0.25, 0.3) is 122 Å². The van der Waals surface area contributed by atoms with Crippen molar-refractivity contribution in [2.24, 2.45) is 0 Å². The molecule has 0 unspecified atom stereocenters. The second-order valence-electron chi connectivity index (χ2n) is 15.0. The summed E-state index contributed by atoms with van der Waals surface area (Å²) in [5, 5.41) is 15.6. The minimum Gasteiger partial charge on any atom is -0.456 e. The van der Waals surface area contributed by atoms with E-state index < -0.39 is 0 Å². The normalized spacial score (nSPS) is 12.0. The lowest BCUT2D eigenvalue weighted by Gasteiger charge is -2.14. The fourth-order valence-electron chi connectivity index (χ4n) is 8.73. The maximum absolute atomic E-state index is 6.21. The summed E-state index contributed by atoms with van der Waals surface area (Å²) in [6, 6.07) is 59.8. The molecular weight excluding hydrogens is 743 g/mol. The first-order valence-corrected chi connectivity index (χ1v) is 19.7. The SMILES string of the molecule is c1ccc2c(c1)nnn2-c1cc(-c2nc(-c3ccc4oc5ccccc5c4c3)nc(-c3ccc4oc5ccccc5c4c3)n2)cc(-n2c3ccccc3c3ccccc32)c1. The molecule has 0 N–H and O–H groups in total. The molecule has 280 valence electrons. The molecule has 13 rings (SSSR count). The Morgan fingerprint density at radius 3 is 1.42 bits per heavy atom. The monoisotopic (exact) mass is 771 g/mol. The zero-order chi connectivity index (χ0) is 39.3. The molecule has 13 aromatic rings. The summed E-state index contributed by atoms with van der Waals surface area (Å²) in [5.74, 6) is 1.58. The van der Waals surface area contributed by atoms with E-state index in [1.54, 1.807) is 0 Å². The van der Waals surface area contributed by atoms with Crippen molar-refractivity contribution in [3.63, 3.8) is 0 Å². The highest BCUT2D eigenvalue weighted by Crippen LogP contribution is 2.38. The van der Waals surface area contributed by atoms with Crippen LogP contribution in [0.3, 0.4) is 0 Å². The molecule has 0 saturated carbocycles. The van der Waals surface area contributed by atoms with E-state index in [9.17, 15) is 0 Å². The minimum atomic E-state index is 0.512. The smallest absolute Gasteiger partial charge is 0.164 e. The average molecular weight is 772 g/mol. The van der Waals surface area contributed by atoms with Gasteiger partial charge in [0.25, 0.3) is 0 Å². The molecule has 0 fully saturated rings. The predicted octanol–water partition coefficient (Wildman–Crippen LogP) is 12.5. The van der Waals surface area contributed by atoms with Crippen LogP contribution in [0.5, 0.6) is 0 Å². The molecule has 60 heavy (non-hydrogen) atoms. The van der Waals surface area contributed by atoms with Crippen molar-refractivity contribution in [3.05, 3.63) is 176 Å². The van der Waals surface area contributed by atoms with E-state index in [0.717, 1.165) is 94.0 Å². The molecule has 0 spiro atoms. The summed E-state index contributed by atoms with van der Waals surface area (Å²) >= 11 is 0. The fourth-order valence-corrected chi connectivity index (χ4v) is 8.73. The molecule has 5 heterocycles. The molecule has 0 atom stereocenters. The van der Waals surface area contributed by atoms with Gasteiger partial charge in [-0.2, -0.15) is 0 Å². The molecule has 0 radical (unpaired) electrons. The van der Waals surface area contributed by atoms with Crippen molar-refractivity contribution in [2.45, 2.75) is 0 Å². The van der Waals surface area contributed by atoms with Gasteiger partial charge >= 0.3 is 0 Å². The molecule has 0 aliphatic rings. The third-order valence-corrected chi connectivity index (χ3v) is 11.5. The fraction of sp³-hybridized carbons (Fsp3) is 0. The maximum atomic E-state index is 6.21. The molecule has 0 bridgehead atoms. The van der Waals surface area contributed by atoms with Gasteiger partial charge in [-0.15, -0.1) is 5.10 Å². The Hall–Kier alpha value is -8.43. The lowest BCUT2D eigenvalue weighted by molar-refractivity contribution is 0.668. The van der Waals surface area contributed by atoms with Crippen molar-refractivity contribution in [2.75, 3.05) is 0 Å². The molecule has 0 aliphatic heterocycles. The van der Waals surface area contributed by atoms with Crippen LogP contribution in [-0.2, 0) is 0 Å². The molecule has 9 heteroatoms. The van der Waals surface area contributed by atoms with Gasteiger partial charge in [0.15, 0.2) is 17.5 Å². The highest BCUT2D eigenvalue weighted by atomic mass is 16.3. The van der Waals surface area contributed by atoms with Crippen LogP contribution in [0, 0.1) is 0 Å². The molecule has 8 aromatic carbocycles. The van der Waals surface area contributed by atoms with E-state index >= 15 is 0 Å². The number of hydrogen-bond donors (Lipinski definition) is 0. The van der Waals surface area contributed by atoms with E-state index in [0.29, 0.717) is 17.5 Å². The summed E-state index contributed by atoms with van der Waals surface area (Å²) in [7, 11) is 0. The van der Waals surface area contributed by atoms with Crippen LogP contribution in [0.2, 0.25) is 0 Å². The van der Waals surface area contributed by atoms with Crippen LogP contribution in [0.1, 0.15) is 0 Å². The summed E-state index contributed by atoms with van der Waals surface area (Å²) in [6.45, 7) is 0. The second-order valence-corrected chi connectivity index (χ2v) is 15.0. The van der Waals surface area contributed by atoms with E-state index in [1.807, 2.05) is 89.6 Å². The Bertz CT molecular complexity index is 3690. The van der Waals surface area contributed by atoms with Gasteiger partial charge in [0.1, 0.15) is 27.8 Å². The summed E-state index contributed by atoms with van der Waals surface area (Å²) in [5.41, 5.74) is 11.4. The first-order valence-electron chi connectivity index (χ1n) is 19.7. The molecular formula is C51H29N7O2. The van der Waals surface area contributed by atoms with Crippen LogP contribution in [0.4, 0.5) is 0 Å². The van der Waals surface area contributed by atoms with Gasteiger partial charge in [-0.1, -0.05) is 90.1 Å². The van der Waals surface area contributed by atoms with Crippen molar-refractivity contribution in [3.8, 4) is 45.5 Å². The molecule has 5 aromatic heterocycles. The van der Waals surface area contributed by atoms with E-state index in [-0.39, 0.29) is 0 Å². The van der Waals surface area contributed by atoms with Crippen molar-refractivity contribution in [1.29, 1.82) is 0 Å². The number of furan rings is 2. The van der Waals surface area contributed by atoms with Crippen LogP contribution < -0.4 is 0 Å². The van der Waals surface area contributed by atoms with Crippen molar-refractivity contribution in [1.82, 2.24) is 34.5 Å². The Morgan fingerprint density at radius 2 is 0.817 bits per heavy atom. The lowest BCUT2D eigenvalue weighted by Crippen LogP contribution is -2.04. The highest BCUT2D eigenvalue weighted by molar-refractivity contribution is 6.10. The van der Waals surface area contributed by atoms with Crippen LogP contribution in [-0.4, -0.2) is 34.5 Å². The lowest BCUT2D eigenvalue weighted by atomic mass is 10.1. The Morgan fingerprint density at radius 1 is 0.350 bits per heavy atom. The number of fused-ring (bicyclic) bond motifs is 10. The summed E-state index contributed by atoms with van der Waals surface area (Å²) in [6.07, 6.45) is 0. The first-order chi connectivity index (χ1) is 29.7. The van der Waals surface area contributed by atoms with Gasteiger partial charge in [0.2, 0.25) is 0 Å². The largest absolute Gasteiger partial charge is 0.456 e. The maximum Gasteiger partial charge on any atom is 0.164 e. The third kappa shape index (κ3) is 4.96. The van der Waals surface area contributed by atoms with Crippen LogP contribution in [0.15, 0.2) is 185 Å². The Balaban J connectivity index is 1.09. The average Bonchev–Trinajstić information content (AvgIpc) is 4.09. The van der Waals surface area contributed by atoms with E-state index in [1.165, 1.54) is 10.8 Å². The van der Waals surface area contributed by atoms with E-state index in [2.05, 4.69) is 106 Å². The summed E-state index contributed by atoms with van der Waals surface area (Å²) < 4.78 is 16.6. The number of para-hydroxylation sites is 5. The quantitative estimate of drug-likeness (QED) is 0.172. The number of hydrogen-bond acceptors (Lipinski definition) is 7. The Kier molecular flexibility index (Phi) is 6.82. The molecule has 9 nitrogen and oxygen atoms in total. The third-order valence-electron chi connectivity index (χ3n) is 11.5. The number of rotatable bonds is 5. The van der Waals surface area contributed by atoms with Gasteiger partial charge < -0.3 is 13.4 Å². The van der Waals surface area contributed by atoms with Gasteiger partial charge in [0, 0.05) is 54.7 Å². The van der Waals surface area contributed by atoms with Crippen molar-refractivity contribution < 1.29 is 8.83 Å². The molecule has 0 amide bonds. The number of aromatic nitrogens is 7. The number of benzene rings is 8. The van der Waals surface area contributed by atoms with Crippen LogP contribution >= 0.6 is 0 Å². The van der Waals surface area contributed by atoms with Gasteiger partial charge in [-0.25, -0.2) is 19.6 Å². The molecule has 0 saturated heterocycles. The van der Waals surface area contributed by atoms with E-state index in [4.69, 9.17) is 23.8 Å². The van der Waals surface area contributed by atoms with Gasteiger partial charge in [0.05, 0.1) is 22.2 Å². The van der Waals surface area contributed by atoms with Gasteiger partial charge in [-0.3, -0.25) is 0 Å². The minimum absolute atomic E-state index is 0.512. The summed E-state index contributed by atoms with van der Waals surface area (Å²) in [4.78, 5) is 15.8. The topological polar surface area (TPSA) is 101 Å². The van der Waals surface area contributed by atoms with Crippen molar-refractivity contribution >= 4 is 76.7 Å². The zero-order valence-electron chi connectivity index (χ0n) is 31.7. The standard InChI is InChI=1S/C51H29N7O2/c1-6-16-42-35(11-1)36-12-2-7-17-43(36)57(42)33-25-32(26-34(29-33)58-44-18-8-5-15-41(44)55-56-58)51-53-49(30-21-23-47-39(27-30)37-13-3-9-19-45(37)59-47)52-50(54-51)31-22-24-48-40(28-31)38-14-4-10-20-46(38)60-48/h1-29H. The second kappa shape index (κ2) is 12.5. The molecule has 0 aliphatic carbocycles. The Labute approximate surface area is 340 Å². The highest BCUT2D eigenvalue weighted by Gasteiger charge is 2.20. The number of nitrogens with zero attached hydrogens (tertiary/aromatic N) is 7. The zero-order valence-corrected chi connectivity index (χ0v) is 31.7. The van der Waals surface area contributed by atoms with Gasteiger partial charge in [-0.05, 0) is 91.0 Å².